The van der Waals surface area contributed by atoms with Crippen molar-refractivity contribution < 1.29 is 13.2 Å². The molecule has 0 radical (unpaired) electrons. The lowest BCUT2D eigenvalue weighted by Crippen LogP contribution is -2.06. The average Bonchev–Trinajstić information content (AvgIpc) is 2.22. The van der Waals surface area contributed by atoms with Crippen molar-refractivity contribution in [2.45, 2.75) is 13.1 Å². The number of fused-ring (bicyclic) bond motifs is 1. The fraction of sp³-hybridized carbons (Fsp3) is 0.182. The van der Waals surface area contributed by atoms with E-state index in [1.54, 1.807) is 6.92 Å². The largest absolute Gasteiger partial charge is 0.417 e. The van der Waals surface area contributed by atoms with E-state index in [9.17, 15) is 13.2 Å². The second-order valence-corrected chi connectivity index (χ2v) is 4.33. The first-order chi connectivity index (χ1) is 7.82. The van der Waals surface area contributed by atoms with Gasteiger partial charge in [-0.1, -0.05) is 29.3 Å². The fourth-order valence-electron chi connectivity index (χ4n) is 1.52. The van der Waals surface area contributed by atoms with Crippen LogP contribution in [-0.2, 0) is 6.18 Å². The second kappa shape index (κ2) is 4.03. The zero-order valence-corrected chi connectivity index (χ0v) is 10.1. The number of alkyl halides is 3. The molecule has 2 aromatic rings. The van der Waals surface area contributed by atoms with Crippen molar-refractivity contribution in [2.75, 3.05) is 0 Å². The highest BCUT2D eigenvalue weighted by atomic mass is 35.5. The molecule has 90 valence electrons. The number of pyridine rings is 1. The molecule has 2 rings (SSSR count). The third-order valence-corrected chi connectivity index (χ3v) is 3.28. The highest BCUT2D eigenvalue weighted by molar-refractivity contribution is 6.40. The Hall–Kier alpha value is -1.00. The third-order valence-electron chi connectivity index (χ3n) is 2.39. The lowest BCUT2D eigenvalue weighted by Gasteiger charge is -2.11. The first-order valence-electron chi connectivity index (χ1n) is 4.63. The van der Waals surface area contributed by atoms with E-state index in [1.807, 2.05) is 0 Å². The Morgan fingerprint density at radius 3 is 2.35 bits per heavy atom. The first-order valence-corrected chi connectivity index (χ1v) is 5.38. The number of halogens is 5. The van der Waals surface area contributed by atoms with Gasteiger partial charge in [0.1, 0.15) is 0 Å². The Balaban J connectivity index is 2.83. The Kier molecular flexibility index (Phi) is 2.96. The molecule has 1 aromatic carbocycles. The van der Waals surface area contributed by atoms with Crippen molar-refractivity contribution in [3.8, 4) is 0 Å². The maximum Gasteiger partial charge on any atom is 0.417 e. The minimum absolute atomic E-state index is 0.0668. The predicted octanol–water partition coefficient (Wildman–Crippen LogP) is 4.87. The van der Waals surface area contributed by atoms with E-state index in [0.29, 0.717) is 16.0 Å². The summed E-state index contributed by atoms with van der Waals surface area (Å²) in [6, 6.07) is 2.20. The molecule has 0 spiro atoms. The Morgan fingerprint density at radius 2 is 1.76 bits per heavy atom. The number of nitrogens with zero attached hydrogens (tertiary/aromatic N) is 1. The SMILES string of the molecule is Cc1cnc2c(Cl)c(C(F)(F)F)ccc2c1Cl. The molecule has 1 aromatic heterocycles. The molecule has 1 heterocycles. The van der Waals surface area contributed by atoms with E-state index in [1.165, 1.54) is 12.3 Å². The van der Waals surface area contributed by atoms with Crippen LogP contribution in [0.4, 0.5) is 13.2 Å². The van der Waals surface area contributed by atoms with Crippen LogP contribution in [0.5, 0.6) is 0 Å². The van der Waals surface area contributed by atoms with Crippen LogP contribution in [0.3, 0.4) is 0 Å². The number of hydrogen-bond donors (Lipinski definition) is 0. The maximum absolute atomic E-state index is 12.6. The van der Waals surface area contributed by atoms with Gasteiger partial charge in [0.2, 0.25) is 0 Å². The van der Waals surface area contributed by atoms with Crippen LogP contribution in [-0.4, -0.2) is 4.98 Å². The third kappa shape index (κ3) is 2.07. The van der Waals surface area contributed by atoms with E-state index < -0.39 is 16.8 Å². The quantitative estimate of drug-likeness (QED) is 0.671. The van der Waals surface area contributed by atoms with E-state index in [4.69, 9.17) is 23.2 Å². The molecule has 0 atom stereocenters. The molecule has 0 bridgehead atoms. The minimum Gasteiger partial charge on any atom is -0.254 e. The van der Waals surface area contributed by atoms with Gasteiger partial charge >= 0.3 is 6.18 Å². The molecule has 6 heteroatoms. The molecule has 0 aliphatic rings. The van der Waals surface area contributed by atoms with Crippen molar-refractivity contribution in [3.63, 3.8) is 0 Å². The summed E-state index contributed by atoms with van der Waals surface area (Å²) in [5, 5.41) is 0.368. The van der Waals surface area contributed by atoms with E-state index in [0.717, 1.165) is 6.07 Å². The molecule has 0 aliphatic heterocycles. The number of aryl methyl sites for hydroxylation is 1. The second-order valence-electron chi connectivity index (χ2n) is 3.58. The average molecular weight is 280 g/mol. The van der Waals surface area contributed by atoms with Crippen LogP contribution in [0.2, 0.25) is 10.0 Å². The molecule has 0 N–H and O–H groups in total. The molecule has 0 amide bonds. The standard InChI is InChI=1S/C11H6Cl2F3N/c1-5-4-17-10-6(8(5)12)2-3-7(9(10)13)11(14,15)16/h2-4H,1H3. The van der Waals surface area contributed by atoms with Crippen LogP contribution in [0, 0.1) is 6.92 Å². The summed E-state index contributed by atoms with van der Waals surface area (Å²) >= 11 is 11.7. The molecular weight excluding hydrogens is 274 g/mol. The molecule has 0 saturated heterocycles. The van der Waals surface area contributed by atoms with Crippen molar-refractivity contribution in [2.24, 2.45) is 0 Å². The zero-order chi connectivity index (χ0) is 12.8. The minimum atomic E-state index is -4.50. The van der Waals surface area contributed by atoms with Crippen LogP contribution in [0.15, 0.2) is 18.3 Å². The summed E-state index contributed by atoms with van der Waals surface area (Å²) < 4.78 is 37.8. The van der Waals surface area contributed by atoms with Gasteiger partial charge in [0.25, 0.3) is 0 Å². The summed E-state index contributed by atoms with van der Waals surface area (Å²) in [4.78, 5) is 3.90. The highest BCUT2D eigenvalue weighted by Crippen LogP contribution is 2.39. The number of hydrogen-bond acceptors (Lipinski definition) is 1. The summed E-state index contributed by atoms with van der Waals surface area (Å²) in [7, 11) is 0. The molecule has 0 unspecified atom stereocenters. The zero-order valence-electron chi connectivity index (χ0n) is 8.57. The van der Waals surface area contributed by atoms with Gasteiger partial charge in [-0.3, -0.25) is 4.98 Å². The lowest BCUT2D eigenvalue weighted by atomic mass is 10.1. The fourth-order valence-corrected chi connectivity index (χ4v) is 2.04. The van der Waals surface area contributed by atoms with Crippen molar-refractivity contribution in [3.05, 3.63) is 39.5 Å². The van der Waals surface area contributed by atoms with Crippen molar-refractivity contribution in [1.29, 1.82) is 0 Å². The first kappa shape index (κ1) is 12.5. The normalized spacial score (nSPS) is 12.1. The Bertz CT molecular complexity index is 593. The van der Waals surface area contributed by atoms with Crippen LogP contribution < -0.4 is 0 Å². The van der Waals surface area contributed by atoms with Crippen LogP contribution >= 0.6 is 23.2 Å². The monoisotopic (exact) mass is 279 g/mol. The van der Waals surface area contributed by atoms with Crippen LogP contribution in [0.25, 0.3) is 10.9 Å². The molecule has 1 nitrogen and oxygen atoms in total. The van der Waals surface area contributed by atoms with Gasteiger partial charge in [0.15, 0.2) is 0 Å². The van der Waals surface area contributed by atoms with Gasteiger partial charge in [0, 0.05) is 11.6 Å². The molecule has 17 heavy (non-hydrogen) atoms. The highest BCUT2D eigenvalue weighted by Gasteiger charge is 2.34. The van der Waals surface area contributed by atoms with Crippen molar-refractivity contribution in [1.82, 2.24) is 4.98 Å². The van der Waals surface area contributed by atoms with Gasteiger partial charge in [0.05, 0.1) is 21.1 Å². The number of aromatic nitrogens is 1. The Morgan fingerprint density at radius 1 is 1.12 bits per heavy atom. The van der Waals surface area contributed by atoms with E-state index in [2.05, 4.69) is 4.98 Å². The summed E-state index contributed by atoms with van der Waals surface area (Å²) in [6.45, 7) is 1.72. The van der Waals surface area contributed by atoms with Gasteiger partial charge in [-0.2, -0.15) is 13.2 Å². The van der Waals surface area contributed by atoms with Gasteiger partial charge < -0.3 is 0 Å². The topological polar surface area (TPSA) is 12.9 Å². The molecule has 0 fully saturated rings. The van der Waals surface area contributed by atoms with E-state index >= 15 is 0 Å². The van der Waals surface area contributed by atoms with Gasteiger partial charge in [-0.05, 0) is 18.6 Å². The van der Waals surface area contributed by atoms with E-state index in [-0.39, 0.29) is 5.52 Å². The Labute approximate surface area is 105 Å². The lowest BCUT2D eigenvalue weighted by molar-refractivity contribution is -0.137. The molecule has 0 aliphatic carbocycles. The smallest absolute Gasteiger partial charge is 0.254 e. The van der Waals surface area contributed by atoms with Gasteiger partial charge in [-0.25, -0.2) is 0 Å². The predicted molar refractivity (Wildman–Crippen MR) is 61.5 cm³/mol. The maximum atomic E-state index is 12.6. The summed E-state index contributed by atoms with van der Waals surface area (Å²) in [5.74, 6) is 0. The summed E-state index contributed by atoms with van der Waals surface area (Å²) in [5.41, 5.74) is -0.147. The van der Waals surface area contributed by atoms with Crippen LogP contribution in [0.1, 0.15) is 11.1 Å². The molecule has 0 saturated carbocycles. The summed E-state index contributed by atoms with van der Waals surface area (Å²) in [6.07, 6.45) is -3.10. The molecular formula is C11H6Cl2F3N. The number of benzene rings is 1. The van der Waals surface area contributed by atoms with Gasteiger partial charge in [-0.15, -0.1) is 0 Å². The number of rotatable bonds is 0. The van der Waals surface area contributed by atoms with Crippen molar-refractivity contribution >= 4 is 34.1 Å².